The van der Waals surface area contributed by atoms with Crippen LogP contribution in [0, 0.1) is 12.7 Å². The van der Waals surface area contributed by atoms with Gasteiger partial charge in [-0.1, -0.05) is 13.0 Å². The Morgan fingerprint density at radius 3 is 2.89 bits per heavy atom. The zero-order valence-corrected chi connectivity index (χ0v) is 12.2. The van der Waals surface area contributed by atoms with Crippen LogP contribution in [0.2, 0.25) is 0 Å². The largest absolute Gasteiger partial charge is 0.311 e. The Balaban J connectivity index is 1.96. The van der Waals surface area contributed by atoms with E-state index in [1.807, 2.05) is 13.0 Å². The molecule has 2 unspecified atom stereocenters. The number of hydrogen-bond acceptors (Lipinski definition) is 2. The molecule has 3 heteroatoms. The van der Waals surface area contributed by atoms with Crippen molar-refractivity contribution in [1.82, 2.24) is 10.2 Å². The van der Waals surface area contributed by atoms with Gasteiger partial charge in [0.05, 0.1) is 0 Å². The van der Waals surface area contributed by atoms with Crippen LogP contribution in [0.15, 0.2) is 18.2 Å². The van der Waals surface area contributed by atoms with Crippen molar-refractivity contribution in [3.8, 4) is 0 Å². The summed E-state index contributed by atoms with van der Waals surface area (Å²) in [5.41, 5.74) is 2.33. The average molecular weight is 264 g/mol. The van der Waals surface area contributed by atoms with Crippen molar-refractivity contribution in [3.05, 3.63) is 35.1 Å². The average Bonchev–Trinajstić information content (AvgIpc) is 2.38. The Hall–Kier alpha value is -0.930. The summed E-state index contributed by atoms with van der Waals surface area (Å²) in [4.78, 5) is 2.57. The van der Waals surface area contributed by atoms with Gasteiger partial charge >= 0.3 is 0 Å². The predicted molar refractivity (Wildman–Crippen MR) is 78.0 cm³/mol. The zero-order chi connectivity index (χ0) is 13.8. The van der Waals surface area contributed by atoms with Gasteiger partial charge in [-0.2, -0.15) is 0 Å². The van der Waals surface area contributed by atoms with Crippen molar-refractivity contribution in [3.63, 3.8) is 0 Å². The Morgan fingerprint density at radius 1 is 1.42 bits per heavy atom. The molecule has 0 aliphatic carbocycles. The molecule has 1 saturated heterocycles. The van der Waals surface area contributed by atoms with Gasteiger partial charge in [-0.05, 0) is 49.9 Å². The van der Waals surface area contributed by atoms with Crippen LogP contribution in [0.4, 0.5) is 4.39 Å². The van der Waals surface area contributed by atoms with Crippen LogP contribution in [0.25, 0.3) is 0 Å². The molecule has 1 aliphatic heterocycles. The second-order valence-electron chi connectivity index (χ2n) is 5.69. The quantitative estimate of drug-likeness (QED) is 0.899. The van der Waals surface area contributed by atoms with Crippen LogP contribution < -0.4 is 5.32 Å². The van der Waals surface area contributed by atoms with E-state index in [9.17, 15) is 4.39 Å². The molecule has 0 spiro atoms. The van der Waals surface area contributed by atoms with Gasteiger partial charge in [0.25, 0.3) is 0 Å². The monoisotopic (exact) mass is 264 g/mol. The normalized spacial score (nSPS) is 24.6. The number of aryl methyl sites for hydroxylation is 1. The molecule has 1 N–H and O–H groups in total. The van der Waals surface area contributed by atoms with E-state index in [-0.39, 0.29) is 5.82 Å². The molecular weight excluding hydrogens is 239 g/mol. The molecule has 19 heavy (non-hydrogen) atoms. The molecule has 106 valence electrons. The van der Waals surface area contributed by atoms with Crippen molar-refractivity contribution in [1.29, 1.82) is 0 Å². The van der Waals surface area contributed by atoms with Gasteiger partial charge in [-0.3, -0.25) is 4.90 Å². The molecule has 0 saturated carbocycles. The summed E-state index contributed by atoms with van der Waals surface area (Å²) in [5, 5.41) is 3.54. The Kier molecular flexibility index (Phi) is 4.94. The van der Waals surface area contributed by atoms with E-state index in [0.717, 1.165) is 31.6 Å². The molecule has 2 atom stereocenters. The Bertz CT molecular complexity index is 419. The molecule has 1 fully saturated rings. The van der Waals surface area contributed by atoms with Gasteiger partial charge in [0.15, 0.2) is 0 Å². The van der Waals surface area contributed by atoms with E-state index in [1.165, 1.54) is 12.0 Å². The van der Waals surface area contributed by atoms with Crippen molar-refractivity contribution in [2.75, 3.05) is 19.6 Å². The number of benzene rings is 1. The second-order valence-corrected chi connectivity index (χ2v) is 5.69. The standard InChI is InChI=1S/C16H25FN2/c1-4-16-10-18-13(3)11-19(16)8-7-14-5-6-15(17)9-12(14)2/h5-6,9,13,16,18H,4,7-8,10-11H2,1-3H3. The van der Waals surface area contributed by atoms with E-state index < -0.39 is 0 Å². The topological polar surface area (TPSA) is 15.3 Å². The lowest BCUT2D eigenvalue weighted by molar-refractivity contribution is 0.133. The molecule has 0 amide bonds. The van der Waals surface area contributed by atoms with Crippen LogP contribution in [-0.2, 0) is 6.42 Å². The van der Waals surface area contributed by atoms with Crippen molar-refractivity contribution in [2.24, 2.45) is 0 Å². The lowest BCUT2D eigenvalue weighted by Gasteiger charge is -2.39. The highest BCUT2D eigenvalue weighted by Crippen LogP contribution is 2.15. The fourth-order valence-electron chi connectivity index (χ4n) is 2.91. The number of halogens is 1. The maximum absolute atomic E-state index is 13.1. The van der Waals surface area contributed by atoms with Gasteiger partial charge in [-0.15, -0.1) is 0 Å². The van der Waals surface area contributed by atoms with Crippen LogP contribution in [0.1, 0.15) is 31.4 Å². The molecule has 0 bridgehead atoms. The molecule has 2 rings (SSSR count). The summed E-state index contributed by atoms with van der Waals surface area (Å²) in [6, 6.07) is 6.33. The van der Waals surface area contributed by atoms with Gasteiger partial charge in [0.1, 0.15) is 5.82 Å². The highest BCUT2D eigenvalue weighted by Gasteiger charge is 2.23. The molecule has 1 aliphatic rings. The van der Waals surface area contributed by atoms with E-state index >= 15 is 0 Å². The SMILES string of the molecule is CCC1CNC(C)CN1CCc1ccc(F)cc1C. The number of nitrogens with zero attached hydrogens (tertiary/aromatic N) is 1. The first-order valence-corrected chi connectivity index (χ1v) is 7.32. The van der Waals surface area contributed by atoms with Gasteiger partial charge in [-0.25, -0.2) is 4.39 Å². The second kappa shape index (κ2) is 6.49. The lowest BCUT2D eigenvalue weighted by Crippen LogP contribution is -2.55. The van der Waals surface area contributed by atoms with Crippen molar-refractivity contribution < 1.29 is 4.39 Å². The minimum atomic E-state index is -0.136. The summed E-state index contributed by atoms with van der Waals surface area (Å²) in [7, 11) is 0. The van der Waals surface area contributed by atoms with Gasteiger partial charge in [0.2, 0.25) is 0 Å². The number of piperazine rings is 1. The summed E-state index contributed by atoms with van der Waals surface area (Å²) in [5.74, 6) is -0.136. The van der Waals surface area contributed by atoms with E-state index in [4.69, 9.17) is 0 Å². The van der Waals surface area contributed by atoms with Crippen LogP contribution in [-0.4, -0.2) is 36.6 Å². The molecule has 1 aromatic rings. The number of hydrogen-bond donors (Lipinski definition) is 1. The summed E-state index contributed by atoms with van der Waals surface area (Å²) < 4.78 is 13.1. The number of rotatable bonds is 4. The Labute approximate surface area is 116 Å². The first-order valence-electron chi connectivity index (χ1n) is 7.32. The molecule has 1 aromatic carbocycles. The maximum Gasteiger partial charge on any atom is 0.123 e. The fourth-order valence-corrected chi connectivity index (χ4v) is 2.91. The smallest absolute Gasteiger partial charge is 0.123 e. The molecule has 1 heterocycles. The van der Waals surface area contributed by atoms with Crippen LogP contribution in [0.5, 0.6) is 0 Å². The molecule has 0 aromatic heterocycles. The highest BCUT2D eigenvalue weighted by atomic mass is 19.1. The summed E-state index contributed by atoms with van der Waals surface area (Å²) in [6.45, 7) is 9.74. The minimum Gasteiger partial charge on any atom is -0.311 e. The van der Waals surface area contributed by atoms with E-state index in [2.05, 4.69) is 24.1 Å². The third kappa shape index (κ3) is 3.77. The predicted octanol–water partition coefficient (Wildman–Crippen LogP) is 2.75. The first-order chi connectivity index (χ1) is 9.10. The maximum atomic E-state index is 13.1. The van der Waals surface area contributed by atoms with Crippen LogP contribution in [0.3, 0.4) is 0 Å². The van der Waals surface area contributed by atoms with Crippen molar-refractivity contribution >= 4 is 0 Å². The summed E-state index contributed by atoms with van der Waals surface area (Å²) in [6.07, 6.45) is 2.19. The number of nitrogens with one attached hydrogen (secondary N) is 1. The van der Waals surface area contributed by atoms with Crippen molar-refractivity contribution in [2.45, 2.75) is 45.7 Å². The van der Waals surface area contributed by atoms with Gasteiger partial charge < -0.3 is 5.32 Å². The third-order valence-electron chi connectivity index (χ3n) is 4.17. The van der Waals surface area contributed by atoms with Crippen LogP contribution >= 0.6 is 0 Å². The molecule has 0 radical (unpaired) electrons. The fraction of sp³-hybridized carbons (Fsp3) is 0.625. The molecule has 2 nitrogen and oxygen atoms in total. The lowest BCUT2D eigenvalue weighted by atomic mass is 10.0. The summed E-state index contributed by atoms with van der Waals surface area (Å²) >= 11 is 0. The van der Waals surface area contributed by atoms with Gasteiger partial charge in [0, 0.05) is 31.7 Å². The third-order valence-corrected chi connectivity index (χ3v) is 4.17. The highest BCUT2D eigenvalue weighted by molar-refractivity contribution is 5.26. The zero-order valence-electron chi connectivity index (χ0n) is 12.2. The van der Waals surface area contributed by atoms with E-state index in [0.29, 0.717) is 12.1 Å². The first kappa shape index (κ1) is 14.5. The Morgan fingerprint density at radius 2 is 2.21 bits per heavy atom. The molecular formula is C16H25FN2. The minimum absolute atomic E-state index is 0.136. The van der Waals surface area contributed by atoms with E-state index in [1.54, 1.807) is 12.1 Å².